The van der Waals surface area contributed by atoms with Gasteiger partial charge in [0.2, 0.25) is 11.8 Å². The van der Waals surface area contributed by atoms with E-state index in [-0.39, 0.29) is 23.3 Å². The SMILES string of the molecule is CC(=O)N1CCC2(C1)CN(C(=O)Nc1ncc(Cl)s1)c1ccc(CC3CC(C(=O)N4CCC4)C3)cc12. The second kappa shape index (κ2) is 9.03. The molecule has 1 saturated carbocycles. The molecule has 1 unspecified atom stereocenters. The quantitative estimate of drug-likeness (QED) is 0.647. The summed E-state index contributed by atoms with van der Waals surface area (Å²) >= 11 is 7.22. The number of hydrogen-bond acceptors (Lipinski definition) is 5. The van der Waals surface area contributed by atoms with Crippen LogP contribution in [-0.4, -0.2) is 65.4 Å². The molecule has 1 aliphatic carbocycles. The number of fused-ring (bicyclic) bond motifs is 2. The van der Waals surface area contributed by atoms with E-state index in [0.29, 0.717) is 40.9 Å². The molecule has 3 aliphatic heterocycles. The van der Waals surface area contributed by atoms with Crippen LogP contribution in [0, 0.1) is 11.8 Å². The minimum atomic E-state index is -0.273. The van der Waals surface area contributed by atoms with Crippen molar-refractivity contribution < 1.29 is 14.4 Å². The van der Waals surface area contributed by atoms with Gasteiger partial charge in [-0.25, -0.2) is 9.78 Å². The van der Waals surface area contributed by atoms with E-state index < -0.39 is 0 Å². The van der Waals surface area contributed by atoms with Gasteiger partial charge in [-0.3, -0.25) is 19.8 Å². The summed E-state index contributed by atoms with van der Waals surface area (Å²) in [4.78, 5) is 47.7. The predicted octanol–water partition coefficient (Wildman–Crippen LogP) is 4.14. The van der Waals surface area contributed by atoms with Crippen LogP contribution in [0.1, 0.15) is 43.7 Å². The van der Waals surface area contributed by atoms with Crippen molar-refractivity contribution in [3.8, 4) is 0 Å². The number of rotatable bonds is 4. The molecule has 190 valence electrons. The molecule has 2 aromatic rings. The van der Waals surface area contributed by atoms with Crippen molar-refractivity contribution in [2.75, 3.05) is 42.9 Å². The van der Waals surface area contributed by atoms with Crippen molar-refractivity contribution >= 4 is 51.6 Å². The van der Waals surface area contributed by atoms with Gasteiger partial charge in [-0.1, -0.05) is 35.1 Å². The number of amides is 4. The maximum atomic E-state index is 13.3. The fourth-order valence-electron chi connectivity index (χ4n) is 6.22. The number of likely N-dealkylation sites (tertiary alicyclic amines) is 2. The Morgan fingerprint density at radius 2 is 1.97 bits per heavy atom. The van der Waals surface area contributed by atoms with E-state index in [4.69, 9.17) is 11.6 Å². The molecule has 36 heavy (non-hydrogen) atoms. The van der Waals surface area contributed by atoms with Crippen molar-refractivity contribution in [3.63, 3.8) is 0 Å². The molecule has 0 radical (unpaired) electrons. The topological polar surface area (TPSA) is 85.9 Å². The monoisotopic (exact) mass is 527 g/mol. The van der Waals surface area contributed by atoms with Crippen LogP contribution in [0.15, 0.2) is 24.4 Å². The molecule has 2 saturated heterocycles. The van der Waals surface area contributed by atoms with E-state index in [2.05, 4.69) is 22.4 Å². The number of halogens is 1. The van der Waals surface area contributed by atoms with E-state index in [1.54, 1.807) is 11.8 Å². The Bertz CT molecular complexity index is 1220. The summed E-state index contributed by atoms with van der Waals surface area (Å²) in [6.45, 7) is 5.28. The third kappa shape index (κ3) is 4.16. The lowest BCUT2D eigenvalue weighted by Gasteiger charge is -2.41. The molecule has 1 spiro atoms. The van der Waals surface area contributed by atoms with Gasteiger partial charge in [-0.05, 0) is 55.2 Å². The second-order valence-electron chi connectivity index (χ2n) is 10.7. The lowest BCUT2D eigenvalue weighted by atomic mass is 9.71. The molecule has 8 nitrogen and oxygen atoms in total. The number of anilines is 2. The highest BCUT2D eigenvalue weighted by molar-refractivity contribution is 7.19. The van der Waals surface area contributed by atoms with Crippen LogP contribution in [0.3, 0.4) is 0 Å². The number of hydrogen-bond donors (Lipinski definition) is 1. The van der Waals surface area contributed by atoms with Gasteiger partial charge in [-0.15, -0.1) is 0 Å². The molecule has 4 amide bonds. The molecule has 1 aromatic heterocycles. The van der Waals surface area contributed by atoms with Crippen LogP contribution >= 0.6 is 22.9 Å². The number of carbonyl (C=O) groups is 3. The number of nitrogens with zero attached hydrogens (tertiary/aromatic N) is 4. The van der Waals surface area contributed by atoms with Gasteiger partial charge in [0, 0.05) is 56.7 Å². The molecule has 1 aromatic carbocycles. The van der Waals surface area contributed by atoms with E-state index >= 15 is 0 Å². The number of aromatic nitrogens is 1. The van der Waals surface area contributed by atoms with Gasteiger partial charge >= 0.3 is 6.03 Å². The zero-order valence-electron chi connectivity index (χ0n) is 20.3. The van der Waals surface area contributed by atoms with Gasteiger partial charge in [0.25, 0.3) is 0 Å². The summed E-state index contributed by atoms with van der Waals surface area (Å²) < 4.78 is 0.519. The highest BCUT2D eigenvalue weighted by Crippen LogP contribution is 2.48. The summed E-state index contributed by atoms with van der Waals surface area (Å²) in [6, 6.07) is 6.17. The van der Waals surface area contributed by atoms with Gasteiger partial charge < -0.3 is 9.80 Å². The minimum Gasteiger partial charge on any atom is -0.342 e. The van der Waals surface area contributed by atoms with Crippen LogP contribution < -0.4 is 10.2 Å². The predicted molar refractivity (Wildman–Crippen MR) is 140 cm³/mol. The van der Waals surface area contributed by atoms with E-state index in [9.17, 15) is 14.4 Å². The van der Waals surface area contributed by atoms with Crippen molar-refractivity contribution in [1.29, 1.82) is 0 Å². The van der Waals surface area contributed by atoms with Gasteiger partial charge in [0.15, 0.2) is 5.13 Å². The van der Waals surface area contributed by atoms with Crippen molar-refractivity contribution in [3.05, 3.63) is 39.9 Å². The molecular weight excluding hydrogens is 498 g/mol. The van der Waals surface area contributed by atoms with Gasteiger partial charge in [0.05, 0.1) is 6.20 Å². The maximum absolute atomic E-state index is 13.3. The van der Waals surface area contributed by atoms with Crippen LogP contribution in [-0.2, 0) is 21.4 Å². The summed E-state index contributed by atoms with van der Waals surface area (Å²) in [6.07, 6.45) is 6.34. The van der Waals surface area contributed by atoms with Crippen LogP contribution in [0.5, 0.6) is 0 Å². The second-order valence-corrected chi connectivity index (χ2v) is 12.4. The molecular formula is C26H30ClN5O3S. The number of nitrogens with one attached hydrogen (secondary N) is 1. The van der Waals surface area contributed by atoms with Crippen molar-refractivity contribution in [2.24, 2.45) is 11.8 Å². The normalized spacial score (nSPS) is 26.6. The zero-order chi connectivity index (χ0) is 25.0. The Balaban J connectivity index is 1.21. The van der Waals surface area contributed by atoms with E-state index in [1.807, 2.05) is 15.9 Å². The Labute approximate surface area is 219 Å². The molecule has 3 fully saturated rings. The fraction of sp³-hybridized carbons (Fsp3) is 0.538. The first kappa shape index (κ1) is 23.7. The average molecular weight is 528 g/mol. The van der Waals surface area contributed by atoms with Crippen molar-refractivity contribution in [2.45, 2.75) is 44.4 Å². The van der Waals surface area contributed by atoms with E-state index in [1.165, 1.54) is 23.1 Å². The molecule has 6 rings (SSSR count). The first-order chi connectivity index (χ1) is 17.3. The first-order valence-electron chi connectivity index (χ1n) is 12.7. The number of urea groups is 1. The van der Waals surface area contributed by atoms with Gasteiger partial charge in [0.1, 0.15) is 4.34 Å². The Hall–Kier alpha value is -2.65. The lowest BCUT2D eigenvalue weighted by Crippen LogP contribution is -2.48. The smallest absolute Gasteiger partial charge is 0.328 e. The van der Waals surface area contributed by atoms with E-state index in [0.717, 1.165) is 56.4 Å². The summed E-state index contributed by atoms with van der Waals surface area (Å²) in [5.74, 6) is 1.11. The number of carbonyl (C=O) groups excluding carboxylic acids is 3. The Kier molecular flexibility index (Phi) is 5.95. The zero-order valence-corrected chi connectivity index (χ0v) is 21.9. The van der Waals surface area contributed by atoms with Gasteiger partial charge in [-0.2, -0.15) is 0 Å². The standard InChI is InChI=1S/C26H30ClN5O3S/c1-16(33)31-8-5-26(14-31)15-32(25(35)29-24-28-13-22(27)36-24)21-4-3-17(12-20(21)26)9-18-10-19(11-18)23(34)30-6-2-7-30/h3-4,12-13,18-19H,2,5-11,14-15H2,1H3,(H,28,29,35). The minimum absolute atomic E-state index is 0.0669. The highest BCUT2D eigenvalue weighted by atomic mass is 35.5. The summed E-state index contributed by atoms with van der Waals surface area (Å²) in [5, 5.41) is 3.34. The molecule has 1 N–H and O–H groups in total. The molecule has 0 bridgehead atoms. The first-order valence-corrected chi connectivity index (χ1v) is 13.9. The third-order valence-corrected chi connectivity index (χ3v) is 9.43. The van der Waals surface area contributed by atoms with Crippen LogP contribution in [0.4, 0.5) is 15.6 Å². The van der Waals surface area contributed by atoms with Crippen LogP contribution in [0.25, 0.3) is 0 Å². The largest absolute Gasteiger partial charge is 0.342 e. The Morgan fingerprint density at radius 1 is 1.17 bits per heavy atom. The lowest BCUT2D eigenvalue weighted by molar-refractivity contribution is -0.143. The molecule has 4 heterocycles. The fourth-order valence-corrected chi connectivity index (χ4v) is 7.02. The molecule has 1 atom stereocenters. The third-order valence-electron chi connectivity index (χ3n) is 8.40. The molecule has 4 aliphatic rings. The van der Waals surface area contributed by atoms with Crippen molar-refractivity contribution in [1.82, 2.24) is 14.8 Å². The maximum Gasteiger partial charge on any atom is 0.328 e. The highest BCUT2D eigenvalue weighted by Gasteiger charge is 2.49. The number of benzene rings is 1. The number of thiazole rings is 1. The average Bonchev–Trinajstić information content (AvgIpc) is 3.47. The summed E-state index contributed by atoms with van der Waals surface area (Å²) in [7, 11) is 0. The summed E-state index contributed by atoms with van der Waals surface area (Å²) in [5.41, 5.74) is 3.00. The Morgan fingerprint density at radius 3 is 2.61 bits per heavy atom. The van der Waals surface area contributed by atoms with Crippen LogP contribution in [0.2, 0.25) is 4.34 Å². The molecule has 10 heteroatoms.